The van der Waals surface area contributed by atoms with Gasteiger partial charge in [0.15, 0.2) is 0 Å². The third-order valence-corrected chi connectivity index (χ3v) is 2.73. The topological polar surface area (TPSA) is 20.3 Å². The maximum atomic E-state index is 11.5. The SMILES string of the molecule is BCC(=O)N(C)[C@H](C)Cc1ccccc1. The molecule has 1 atom stereocenters. The van der Waals surface area contributed by atoms with E-state index in [0.717, 1.165) is 6.42 Å². The lowest BCUT2D eigenvalue weighted by atomic mass is 10.0. The van der Waals surface area contributed by atoms with Gasteiger partial charge in [-0.2, -0.15) is 0 Å². The van der Waals surface area contributed by atoms with Gasteiger partial charge in [-0.05, 0) is 25.2 Å². The molecule has 0 radical (unpaired) electrons. The van der Waals surface area contributed by atoms with E-state index in [4.69, 9.17) is 0 Å². The zero-order valence-corrected chi connectivity index (χ0v) is 9.73. The van der Waals surface area contributed by atoms with Crippen molar-refractivity contribution in [3.8, 4) is 0 Å². The fourth-order valence-electron chi connectivity index (χ4n) is 1.59. The van der Waals surface area contributed by atoms with E-state index in [1.165, 1.54) is 5.56 Å². The summed E-state index contributed by atoms with van der Waals surface area (Å²) >= 11 is 0. The van der Waals surface area contributed by atoms with Gasteiger partial charge in [0.2, 0.25) is 5.91 Å². The van der Waals surface area contributed by atoms with Gasteiger partial charge in [0.1, 0.15) is 7.85 Å². The molecule has 0 aliphatic heterocycles. The third-order valence-electron chi connectivity index (χ3n) is 2.73. The third kappa shape index (κ3) is 3.42. The van der Waals surface area contributed by atoms with Gasteiger partial charge in [0, 0.05) is 13.1 Å². The number of likely N-dealkylation sites (N-methyl/N-ethyl adjacent to an activating group) is 1. The zero-order chi connectivity index (χ0) is 11.3. The number of nitrogens with zero attached hydrogens (tertiary/aromatic N) is 1. The second kappa shape index (κ2) is 5.59. The largest absolute Gasteiger partial charge is 0.343 e. The van der Waals surface area contributed by atoms with Crippen molar-refractivity contribution in [3.05, 3.63) is 35.9 Å². The van der Waals surface area contributed by atoms with Crippen LogP contribution in [0.25, 0.3) is 0 Å². The monoisotopic (exact) mass is 203 g/mol. The molecule has 0 aliphatic rings. The summed E-state index contributed by atoms with van der Waals surface area (Å²) in [6.45, 7) is 2.08. The Morgan fingerprint density at radius 2 is 2.00 bits per heavy atom. The number of hydrogen-bond donors (Lipinski definition) is 0. The van der Waals surface area contributed by atoms with E-state index in [9.17, 15) is 4.79 Å². The first kappa shape index (κ1) is 11.8. The molecule has 1 amide bonds. The quantitative estimate of drug-likeness (QED) is 0.671. The number of carbonyl (C=O) groups is 1. The molecule has 0 heterocycles. The molecule has 0 saturated carbocycles. The number of rotatable bonds is 4. The summed E-state index contributed by atoms with van der Waals surface area (Å²) in [5.74, 6) is 0.207. The van der Waals surface area contributed by atoms with E-state index in [2.05, 4.69) is 19.1 Å². The van der Waals surface area contributed by atoms with Crippen LogP contribution in [0.15, 0.2) is 30.3 Å². The predicted octanol–water partition coefficient (Wildman–Crippen LogP) is 1.13. The molecule has 0 aromatic heterocycles. The minimum atomic E-state index is 0.207. The molecule has 1 aromatic rings. The molecule has 3 heteroatoms. The van der Waals surface area contributed by atoms with Gasteiger partial charge in [0.05, 0.1) is 0 Å². The molecule has 0 unspecified atom stereocenters. The molecule has 0 N–H and O–H groups in total. The van der Waals surface area contributed by atoms with Gasteiger partial charge in [0.25, 0.3) is 0 Å². The molecule has 2 nitrogen and oxygen atoms in total. The van der Waals surface area contributed by atoms with Gasteiger partial charge in [-0.3, -0.25) is 4.79 Å². The van der Waals surface area contributed by atoms with Crippen LogP contribution in [0.2, 0.25) is 6.32 Å². The average molecular weight is 203 g/mol. The molecule has 1 rings (SSSR count). The molecule has 80 valence electrons. The maximum Gasteiger partial charge on any atom is 0.214 e. The summed E-state index contributed by atoms with van der Waals surface area (Å²) in [7, 11) is 3.77. The number of benzene rings is 1. The lowest BCUT2D eigenvalue weighted by molar-refractivity contribution is -0.129. The lowest BCUT2D eigenvalue weighted by Crippen LogP contribution is -2.36. The number of amides is 1. The minimum absolute atomic E-state index is 0.207. The van der Waals surface area contributed by atoms with Crippen LogP contribution in [0, 0.1) is 0 Å². The average Bonchev–Trinajstić information content (AvgIpc) is 2.28. The molecule has 0 aliphatic carbocycles. The van der Waals surface area contributed by atoms with Crippen LogP contribution < -0.4 is 0 Å². The summed E-state index contributed by atoms with van der Waals surface area (Å²) in [5.41, 5.74) is 1.28. The van der Waals surface area contributed by atoms with Crippen LogP contribution >= 0.6 is 0 Å². The van der Waals surface area contributed by atoms with Crippen molar-refractivity contribution in [3.63, 3.8) is 0 Å². The van der Waals surface area contributed by atoms with Gasteiger partial charge < -0.3 is 4.90 Å². The molecular weight excluding hydrogens is 185 g/mol. The smallest absolute Gasteiger partial charge is 0.214 e. The van der Waals surface area contributed by atoms with E-state index in [0.29, 0.717) is 6.32 Å². The second-order valence-corrected chi connectivity index (χ2v) is 3.90. The Kier molecular flexibility index (Phi) is 4.41. The highest BCUT2D eigenvalue weighted by atomic mass is 16.2. The number of hydrogen-bond acceptors (Lipinski definition) is 1. The van der Waals surface area contributed by atoms with E-state index in [1.807, 2.05) is 38.0 Å². The zero-order valence-electron chi connectivity index (χ0n) is 9.73. The van der Waals surface area contributed by atoms with Crippen LogP contribution in [0.4, 0.5) is 0 Å². The van der Waals surface area contributed by atoms with Crippen molar-refractivity contribution in [1.29, 1.82) is 0 Å². The molecule has 0 spiro atoms. The van der Waals surface area contributed by atoms with Crippen molar-refractivity contribution < 1.29 is 4.79 Å². The lowest BCUT2D eigenvalue weighted by Gasteiger charge is -2.24. The predicted molar refractivity (Wildman–Crippen MR) is 65.7 cm³/mol. The van der Waals surface area contributed by atoms with E-state index < -0.39 is 0 Å². The molecule has 0 bridgehead atoms. The highest BCUT2D eigenvalue weighted by Gasteiger charge is 2.13. The van der Waals surface area contributed by atoms with Crippen molar-refractivity contribution in [2.24, 2.45) is 0 Å². The molecule has 15 heavy (non-hydrogen) atoms. The van der Waals surface area contributed by atoms with Gasteiger partial charge in [-0.1, -0.05) is 30.3 Å². The van der Waals surface area contributed by atoms with Crippen LogP contribution in [0.5, 0.6) is 0 Å². The second-order valence-electron chi connectivity index (χ2n) is 3.90. The Balaban J connectivity index is 2.56. The fourth-order valence-corrected chi connectivity index (χ4v) is 1.59. The highest BCUT2D eigenvalue weighted by Crippen LogP contribution is 2.07. The van der Waals surface area contributed by atoms with Crippen molar-refractivity contribution >= 4 is 13.8 Å². The first-order chi connectivity index (χ1) is 7.15. The minimum Gasteiger partial charge on any atom is -0.343 e. The molecule has 1 aromatic carbocycles. The maximum absolute atomic E-state index is 11.5. The van der Waals surface area contributed by atoms with Crippen LogP contribution in [0.1, 0.15) is 12.5 Å². The van der Waals surface area contributed by atoms with Crippen LogP contribution in [-0.2, 0) is 11.2 Å². The van der Waals surface area contributed by atoms with Crippen molar-refractivity contribution in [2.45, 2.75) is 25.7 Å². The van der Waals surface area contributed by atoms with Gasteiger partial charge in [-0.15, -0.1) is 0 Å². The summed E-state index contributed by atoms with van der Waals surface area (Å²) in [5, 5.41) is 0. The number of carbonyl (C=O) groups excluding carboxylic acids is 1. The van der Waals surface area contributed by atoms with E-state index in [1.54, 1.807) is 0 Å². The highest BCUT2D eigenvalue weighted by molar-refractivity contribution is 6.19. The summed E-state index contributed by atoms with van der Waals surface area (Å²) in [4.78, 5) is 13.3. The first-order valence-electron chi connectivity index (χ1n) is 5.44. The van der Waals surface area contributed by atoms with Gasteiger partial charge >= 0.3 is 0 Å². The molecule has 0 fully saturated rings. The fraction of sp³-hybridized carbons (Fsp3) is 0.417. The Morgan fingerprint density at radius 3 is 2.53 bits per heavy atom. The Labute approximate surface area is 92.7 Å². The van der Waals surface area contributed by atoms with Crippen LogP contribution in [0.3, 0.4) is 0 Å². The summed E-state index contributed by atoms with van der Waals surface area (Å²) < 4.78 is 0. The standard InChI is InChI=1S/C12H18BNO/c1-10(14(2)12(15)9-13)8-11-6-4-3-5-7-11/h3-7,10H,8-9,13H2,1-2H3/t10-/m1/s1. The summed E-state index contributed by atoms with van der Waals surface area (Å²) in [6, 6.07) is 10.5. The Hall–Kier alpha value is -1.25. The molecular formula is C12H18BNO. The summed E-state index contributed by atoms with van der Waals surface area (Å²) in [6.07, 6.45) is 1.50. The van der Waals surface area contributed by atoms with E-state index >= 15 is 0 Å². The Bertz CT molecular complexity index is 313. The molecule has 0 saturated heterocycles. The van der Waals surface area contributed by atoms with Crippen molar-refractivity contribution in [2.75, 3.05) is 7.05 Å². The van der Waals surface area contributed by atoms with E-state index in [-0.39, 0.29) is 11.9 Å². The van der Waals surface area contributed by atoms with Gasteiger partial charge in [-0.25, -0.2) is 0 Å². The van der Waals surface area contributed by atoms with Crippen molar-refractivity contribution in [1.82, 2.24) is 4.90 Å². The first-order valence-corrected chi connectivity index (χ1v) is 5.44. The van der Waals surface area contributed by atoms with Crippen LogP contribution in [-0.4, -0.2) is 31.7 Å². The normalized spacial score (nSPS) is 12.1. The Morgan fingerprint density at radius 1 is 1.40 bits per heavy atom.